The van der Waals surface area contributed by atoms with Crippen molar-refractivity contribution in [2.75, 3.05) is 19.8 Å². The Morgan fingerprint density at radius 2 is 1.63 bits per heavy atom. The summed E-state index contributed by atoms with van der Waals surface area (Å²) in [5.41, 5.74) is 2.16. The molecule has 0 aliphatic rings. The number of carbonyl (C=O) groups is 1. The SMILES string of the molecule is Cc1cc(OCC(=O)NCCOc2ccc3ccccc3c2)cc(C)c1Br. The number of carbonyl (C=O) groups excluding carboxylic acids is 1. The second-order valence-corrected chi connectivity index (χ2v) is 7.16. The summed E-state index contributed by atoms with van der Waals surface area (Å²) < 4.78 is 12.3. The Morgan fingerprint density at radius 3 is 2.37 bits per heavy atom. The van der Waals surface area contributed by atoms with Gasteiger partial charge in [0.05, 0.1) is 6.54 Å². The van der Waals surface area contributed by atoms with E-state index in [1.165, 1.54) is 5.39 Å². The number of hydrogen-bond donors (Lipinski definition) is 1. The minimum absolute atomic E-state index is 0.0174. The van der Waals surface area contributed by atoms with Gasteiger partial charge in [-0.2, -0.15) is 0 Å². The summed E-state index contributed by atoms with van der Waals surface area (Å²) in [4.78, 5) is 11.9. The van der Waals surface area contributed by atoms with Crippen molar-refractivity contribution in [2.45, 2.75) is 13.8 Å². The second-order valence-electron chi connectivity index (χ2n) is 6.37. The maximum Gasteiger partial charge on any atom is 0.258 e. The Bertz CT molecular complexity index is 932. The Hall–Kier alpha value is -2.53. The van der Waals surface area contributed by atoms with E-state index in [2.05, 4.69) is 27.3 Å². The van der Waals surface area contributed by atoms with E-state index >= 15 is 0 Å². The van der Waals surface area contributed by atoms with E-state index < -0.39 is 0 Å². The number of rotatable bonds is 7. The summed E-state index contributed by atoms with van der Waals surface area (Å²) in [6.45, 7) is 4.80. The summed E-state index contributed by atoms with van der Waals surface area (Å²) in [5, 5.41) is 5.11. The summed E-state index contributed by atoms with van der Waals surface area (Å²) in [5.74, 6) is 1.31. The van der Waals surface area contributed by atoms with E-state index in [0.29, 0.717) is 18.9 Å². The summed E-state index contributed by atoms with van der Waals surface area (Å²) in [7, 11) is 0. The average molecular weight is 428 g/mol. The van der Waals surface area contributed by atoms with Gasteiger partial charge in [0.15, 0.2) is 6.61 Å². The molecule has 5 heteroatoms. The highest BCUT2D eigenvalue weighted by atomic mass is 79.9. The molecular formula is C22H22BrNO3. The van der Waals surface area contributed by atoms with Gasteiger partial charge in [-0.1, -0.05) is 46.3 Å². The molecule has 0 aliphatic heterocycles. The smallest absolute Gasteiger partial charge is 0.258 e. The van der Waals surface area contributed by atoms with Gasteiger partial charge in [0.25, 0.3) is 5.91 Å². The van der Waals surface area contributed by atoms with Gasteiger partial charge < -0.3 is 14.8 Å². The molecule has 0 saturated heterocycles. The van der Waals surface area contributed by atoms with Gasteiger partial charge in [-0.3, -0.25) is 4.79 Å². The van der Waals surface area contributed by atoms with Crippen molar-refractivity contribution in [3.05, 3.63) is 70.2 Å². The molecule has 3 aromatic carbocycles. The van der Waals surface area contributed by atoms with Crippen LogP contribution in [0.5, 0.6) is 11.5 Å². The molecule has 1 N–H and O–H groups in total. The number of benzene rings is 3. The van der Waals surface area contributed by atoms with Crippen LogP contribution in [0.4, 0.5) is 0 Å². The van der Waals surface area contributed by atoms with Gasteiger partial charge in [0, 0.05) is 4.47 Å². The van der Waals surface area contributed by atoms with Crippen molar-refractivity contribution in [1.29, 1.82) is 0 Å². The van der Waals surface area contributed by atoms with E-state index in [9.17, 15) is 4.79 Å². The van der Waals surface area contributed by atoms with Crippen LogP contribution in [0.3, 0.4) is 0 Å². The van der Waals surface area contributed by atoms with Gasteiger partial charge in [0.1, 0.15) is 18.1 Å². The highest BCUT2D eigenvalue weighted by molar-refractivity contribution is 9.10. The van der Waals surface area contributed by atoms with E-state index in [0.717, 1.165) is 26.7 Å². The Morgan fingerprint density at radius 1 is 0.926 bits per heavy atom. The van der Waals surface area contributed by atoms with Gasteiger partial charge in [-0.15, -0.1) is 0 Å². The first-order valence-electron chi connectivity index (χ1n) is 8.81. The lowest BCUT2D eigenvalue weighted by atomic mass is 10.1. The molecule has 140 valence electrons. The molecule has 3 aromatic rings. The monoisotopic (exact) mass is 427 g/mol. The Balaban J connectivity index is 1.41. The zero-order chi connectivity index (χ0) is 19.2. The number of hydrogen-bond acceptors (Lipinski definition) is 3. The van der Waals surface area contributed by atoms with Crippen LogP contribution >= 0.6 is 15.9 Å². The highest BCUT2D eigenvalue weighted by Crippen LogP contribution is 2.26. The van der Waals surface area contributed by atoms with Crippen LogP contribution < -0.4 is 14.8 Å². The number of fused-ring (bicyclic) bond motifs is 1. The van der Waals surface area contributed by atoms with E-state index in [1.807, 2.05) is 62.4 Å². The molecule has 4 nitrogen and oxygen atoms in total. The minimum atomic E-state index is -0.171. The van der Waals surface area contributed by atoms with E-state index in [1.54, 1.807) is 0 Å². The number of amides is 1. The first-order valence-corrected chi connectivity index (χ1v) is 9.60. The highest BCUT2D eigenvalue weighted by Gasteiger charge is 2.06. The second kappa shape index (κ2) is 8.91. The van der Waals surface area contributed by atoms with Crippen LogP contribution in [0.15, 0.2) is 59.1 Å². The Labute approximate surface area is 167 Å². The zero-order valence-electron chi connectivity index (χ0n) is 15.4. The number of aryl methyl sites for hydroxylation is 2. The maximum atomic E-state index is 11.9. The third kappa shape index (κ3) is 5.23. The summed E-state index contributed by atoms with van der Waals surface area (Å²) in [6.07, 6.45) is 0. The van der Waals surface area contributed by atoms with Gasteiger partial charge in [0.2, 0.25) is 0 Å². The molecule has 0 aliphatic carbocycles. The molecular weight excluding hydrogens is 406 g/mol. The molecule has 27 heavy (non-hydrogen) atoms. The molecule has 0 heterocycles. The average Bonchev–Trinajstić information content (AvgIpc) is 2.67. The topological polar surface area (TPSA) is 47.6 Å². The molecule has 0 atom stereocenters. The van der Waals surface area contributed by atoms with E-state index in [-0.39, 0.29) is 12.5 Å². The fourth-order valence-electron chi connectivity index (χ4n) is 2.81. The van der Waals surface area contributed by atoms with Crippen LogP contribution in [0, 0.1) is 13.8 Å². The lowest BCUT2D eigenvalue weighted by molar-refractivity contribution is -0.123. The van der Waals surface area contributed by atoms with Crippen molar-refractivity contribution in [1.82, 2.24) is 5.32 Å². The van der Waals surface area contributed by atoms with Gasteiger partial charge in [-0.05, 0) is 60.0 Å². The third-order valence-electron chi connectivity index (χ3n) is 4.19. The van der Waals surface area contributed by atoms with Gasteiger partial charge in [-0.25, -0.2) is 0 Å². The maximum absolute atomic E-state index is 11.9. The lowest BCUT2D eigenvalue weighted by Gasteiger charge is -2.11. The third-order valence-corrected chi connectivity index (χ3v) is 5.44. The number of halogens is 1. The van der Waals surface area contributed by atoms with Crippen molar-refractivity contribution in [2.24, 2.45) is 0 Å². The van der Waals surface area contributed by atoms with Crippen LogP contribution in [-0.2, 0) is 4.79 Å². The molecule has 0 radical (unpaired) electrons. The molecule has 0 fully saturated rings. The molecule has 0 aromatic heterocycles. The Kier molecular flexibility index (Phi) is 6.35. The molecule has 0 bridgehead atoms. The summed E-state index contributed by atoms with van der Waals surface area (Å²) in [6, 6.07) is 17.9. The predicted octanol–water partition coefficient (Wildman–Crippen LogP) is 4.79. The molecule has 1 amide bonds. The van der Waals surface area contributed by atoms with E-state index in [4.69, 9.17) is 9.47 Å². The van der Waals surface area contributed by atoms with Crippen LogP contribution in [0.25, 0.3) is 10.8 Å². The normalized spacial score (nSPS) is 10.6. The standard InChI is InChI=1S/C22H22BrNO3/c1-15-11-20(12-16(2)22(15)23)27-14-21(25)24-9-10-26-19-8-7-17-5-3-4-6-18(17)13-19/h3-8,11-13H,9-10,14H2,1-2H3,(H,24,25). The molecule has 0 spiro atoms. The lowest BCUT2D eigenvalue weighted by Crippen LogP contribution is -2.32. The van der Waals surface area contributed by atoms with Crippen molar-refractivity contribution >= 4 is 32.6 Å². The largest absolute Gasteiger partial charge is 0.492 e. The fraction of sp³-hybridized carbons (Fsp3) is 0.227. The predicted molar refractivity (Wildman–Crippen MR) is 112 cm³/mol. The number of ether oxygens (including phenoxy) is 2. The van der Waals surface area contributed by atoms with Crippen LogP contribution in [-0.4, -0.2) is 25.7 Å². The van der Waals surface area contributed by atoms with Gasteiger partial charge >= 0.3 is 0 Å². The first kappa shape index (κ1) is 19.2. The van der Waals surface area contributed by atoms with Crippen molar-refractivity contribution in [3.8, 4) is 11.5 Å². The molecule has 0 unspecified atom stereocenters. The first-order chi connectivity index (χ1) is 13.0. The van der Waals surface area contributed by atoms with Crippen molar-refractivity contribution in [3.63, 3.8) is 0 Å². The van der Waals surface area contributed by atoms with Crippen molar-refractivity contribution < 1.29 is 14.3 Å². The summed E-state index contributed by atoms with van der Waals surface area (Å²) >= 11 is 3.52. The minimum Gasteiger partial charge on any atom is -0.492 e. The molecule has 0 saturated carbocycles. The van der Waals surface area contributed by atoms with Crippen LogP contribution in [0.2, 0.25) is 0 Å². The van der Waals surface area contributed by atoms with Crippen LogP contribution in [0.1, 0.15) is 11.1 Å². The zero-order valence-corrected chi connectivity index (χ0v) is 17.0. The quantitative estimate of drug-likeness (QED) is 0.551. The molecule has 3 rings (SSSR count). The fourth-order valence-corrected chi connectivity index (χ4v) is 3.03. The number of nitrogens with one attached hydrogen (secondary N) is 1.